The first-order valence-electron chi connectivity index (χ1n) is 8.76. The molecule has 1 aromatic heterocycles. The molecule has 0 radical (unpaired) electrons. The van der Waals surface area contributed by atoms with Gasteiger partial charge in [0.1, 0.15) is 4.21 Å². The fourth-order valence-electron chi connectivity index (χ4n) is 3.47. The van der Waals surface area contributed by atoms with Crippen LogP contribution >= 0.6 is 11.3 Å². The lowest BCUT2D eigenvalue weighted by molar-refractivity contribution is -0.133. The third-order valence-corrected chi connectivity index (χ3v) is 7.32. The van der Waals surface area contributed by atoms with Gasteiger partial charge in [0.05, 0.1) is 6.42 Å². The lowest BCUT2D eigenvalue weighted by atomic mass is 9.91. The van der Waals surface area contributed by atoms with Crippen molar-refractivity contribution >= 4 is 33.0 Å². The van der Waals surface area contributed by atoms with Gasteiger partial charge in [-0.25, -0.2) is 8.42 Å². The summed E-state index contributed by atoms with van der Waals surface area (Å²) in [5.41, 5.74) is 1.38. The van der Waals surface area contributed by atoms with E-state index in [9.17, 15) is 13.2 Å². The van der Waals surface area contributed by atoms with Gasteiger partial charge in [-0.05, 0) is 47.4 Å². The first kappa shape index (κ1) is 18.9. The van der Waals surface area contributed by atoms with Crippen LogP contribution in [0.5, 0.6) is 0 Å². The number of piperidine rings is 1. The average molecular weight is 393 g/mol. The average Bonchev–Trinajstić information content (AvgIpc) is 3.11. The van der Waals surface area contributed by atoms with Crippen LogP contribution in [0.1, 0.15) is 25.8 Å². The Hall–Kier alpha value is -1.86. The molecule has 0 aliphatic carbocycles. The number of thiophene rings is 1. The summed E-state index contributed by atoms with van der Waals surface area (Å²) in [6, 6.07) is 10.3. The van der Waals surface area contributed by atoms with Crippen molar-refractivity contribution < 1.29 is 13.2 Å². The number of carbonyl (C=O) groups excluding carboxylic acids is 1. The molecule has 0 saturated carbocycles. The Kier molecular flexibility index (Phi) is 5.67. The highest BCUT2D eigenvalue weighted by Crippen LogP contribution is 2.23. The molecule has 140 valence electrons. The molecule has 1 N–H and O–H groups in total. The smallest absolute Gasteiger partial charge is 0.271 e. The van der Waals surface area contributed by atoms with Gasteiger partial charge in [-0.3, -0.25) is 9.52 Å². The summed E-state index contributed by atoms with van der Waals surface area (Å²) in [5, 5.41) is 1.73. The topological polar surface area (TPSA) is 66.5 Å². The Labute approximate surface area is 159 Å². The zero-order valence-electron chi connectivity index (χ0n) is 15.0. The fraction of sp³-hybridized carbons (Fsp3) is 0.421. The van der Waals surface area contributed by atoms with E-state index in [4.69, 9.17) is 0 Å². The lowest BCUT2D eigenvalue weighted by Crippen LogP contribution is -2.43. The van der Waals surface area contributed by atoms with Crippen molar-refractivity contribution in [3.8, 4) is 0 Å². The van der Waals surface area contributed by atoms with Crippen molar-refractivity contribution in [2.24, 2.45) is 11.8 Å². The maximum Gasteiger partial charge on any atom is 0.271 e. The number of rotatable bonds is 5. The van der Waals surface area contributed by atoms with Crippen LogP contribution in [-0.2, 0) is 21.2 Å². The number of hydrogen-bond acceptors (Lipinski definition) is 4. The van der Waals surface area contributed by atoms with E-state index in [-0.39, 0.29) is 10.1 Å². The number of anilines is 1. The molecule has 2 unspecified atom stereocenters. The molecule has 1 amide bonds. The van der Waals surface area contributed by atoms with Gasteiger partial charge in [-0.1, -0.05) is 32.0 Å². The van der Waals surface area contributed by atoms with Crippen molar-refractivity contribution in [2.75, 3.05) is 17.8 Å². The van der Waals surface area contributed by atoms with E-state index in [1.807, 2.05) is 4.90 Å². The van der Waals surface area contributed by atoms with Crippen molar-refractivity contribution in [1.29, 1.82) is 0 Å². The van der Waals surface area contributed by atoms with Crippen LogP contribution in [0.4, 0.5) is 5.69 Å². The number of amides is 1. The minimum absolute atomic E-state index is 0.135. The van der Waals surface area contributed by atoms with Crippen LogP contribution in [0, 0.1) is 11.8 Å². The van der Waals surface area contributed by atoms with Gasteiger partial charge in [-0.2, -0.15) is 0 Å². The summed E-state index contributed by atoms with van der Waals surface area (Å²) >= 11 is 1.18. The highest BCUT2D eigenvalue weighted by atomic mass is 32.2. The number of sulfonamides is 1. The fourth-order valence-corrected chi connectivity index (χ4v) is 5.52. The second-order valence-electron chi connectivity index (χ2n) is 7.16. The van der Waals surface area contributed by atoms with Gasteiger partial charge in [-0.15, -0.1) is 11.3 Å². The molecule has 5 nitrogen and oxygen atoms in total. The van der Waals surface area contributed by atoms with Crippen LogP contribution in [0.3, 0.4) is 0 Å². The second kappa shape index (κ2) is 7.80. The molecule has 7 heteroatoms. The lowest BCUT2D eigenvalue weighted by Gasteiger charge is -2.35. The molecule has 0 spiro atoms. The first-order valence-corrected chi connectivity index (χ1v) is 11.1. The highest BCUT2D eigenvalue weighted by molar-refractivity contribution is 7.94. The van der Waals surface area contributed by atoms with Crippen LogP contribution in [0.25, 0.3) is 0 Å². The van der Waals surface area contributed by atoms with Gasteiger partial charge in [0, 0.05) is 18.8 Å². The quantitative estimate of drug-likeness (QED) is 0.845. The van der Waals surface area contributed by atoms with Crippen LogP contribution < -0.4 is 4.72 Å². The van der Waals surface area contributed by atoms with Gasteiger partial charge in [0.2, 0.25) is 5.91 Å². The highest BCUT2D eigenvalue weighted by Gasteiger charge is 2.25. The minimum atomic E-state index is -3.54. The van der Waals surface area contributed by atoms with E-state index < -0.39 is 10.0 Å². The molecule has 2 atom stereocenters. The maximum atomic E-state index is 12.5. The standard InChI is InChI=1S/C19H24N2O3S2/c1-14-10-15(2)13-21(12-14)18(22)11-16-5-7-17(8-6-16)20-26(23,24)19-4-3-9-25-19/h3-9,14-15,20H,10-13H2,1-2H3. The molecule has 1 saturated heterocycles. The second-order valence-corrected chi connectivity index (χ2v) is 10.0. The van der Waals surface area contributed by atoms with Gasteiger partial charge in [0.25, 0.3) is 10.0 Å². The summed E-state index contributed by atoms with van der Waals surface area (Å²) in [4.78, 5) is 14.5. The summed E-state index contributed by atoms with van der Waals surface area (Å²) in [6.45, 7) is 6.01. The predicted octanol–water partition coefficient (Wildman–Crippen LogP) is 3.60. The summed E-state index contributed by atoms with van der Waals surface area (Å²) in [5.74, 6) is 1.21. The van der Waals surface area contributed by atoms with E-state index >= 15 is 0 Å². The van der Waals surface area contributed by atoms with Crippen molar-refractivity contribution in [3.63, 3.8) is 0 Å². The van der Waals surface area contributed by atoms with Gasteiger partial charge < -0.3 is 4.90 Å². The van der Waals surface area contributed by atoms with E-state index in [0.29, 0.717) is 23.9 Å². The van der Waals surface area contributed by atoms with Crippen LogP contribution in [0.15, 0.2) is 46.0 Å². The Morgan fingerprint density at radius 3 is 2.38 bits per heavy atom. The third kappa shape index (κ3) is 4.65. The van der Waals surface area contributed by atoms with Gasteiger partial charge in [0.15, 0.2) is 0 Å². The Morgan fingerprint density at radius 2 is 1.81 bits per heavy atom. The van der Waals surface area contributed by atoms with Crippen molar-refractivity contribution in [2.45, 2.75) is 30.9 Å². The SMILES string of the molecule is CC1CC(C)CN(C(=O)Cc2ccc(NS(=O)(=O)c3cccs3)cc2)C1. The number of nitrogens with zero attached hydrogens (tertiary/aromatic N) is 1. The van der Waals surface area contributed by atoms with Gasteiger partial charge >= 0.3 is 0 Å². The molecule has 3 rings (SSSR count). The Morgan fingerprint density at radius 1 is 1.15 bits per heavy atom. The zero-order chi connectivity index (χ0) is 18.7. The van der Waals surface area contributed by atoms with Crippen molar-refractivity contribution in [3.05, 3.63) is 47.3 Å². The van der Waals surface area contributed by atoms with E-state index in [2.05, 4.69) is 18.6 Å². The normalized spacial score (nSPS) is 20.8. The number of hydrogen-bond donors (Lipinski definition) is 1. The number of nitrogens with one attached hydrogen (secondary N) is 1. The van der Waals surface area contributed by atoms with E-state index in [0.717, 1.165) is 18.7 Å². The minimum Gasteiger partial charge on any atom is -0.342 e. The Bertz CT molecular complexity index is 835. The summed E-state index contributed by atoms with van der Waals surface area (Å²) < 4.78 is 27.3. The van der Waals surface area contributed by atoms with Crippen LogP contribution in [0.2, 0.25) is 0 Å². The zero-order valence-corrected chi connectivity index (χ0v) is 16.6. The monoisotopic (exact) mass is 392 g/mol. The molecule has 1 aromatic carbocycles. The first-order chi connectivity index (χ1) is 12.3. The Balaban J connectivity index is 1.62. The largest absolute Gasteiger partial charge is 0.342 e. The maximum absolute atomic E-state index is 12.5. The molecule has 2 heterocycles. The molecule has 26 heavy (non-hydrogen) atoms. The number of benzene rings is 1. The number of carbonyl (C=O) groups is 1. The summed E-state index contributed by atoms with van der Waals surface area (Å²) in [7, 11) is -3.54. The number of likely N-dealkylation sites (tertiary alicyclic amines) is 1. The van der Waals surface area contributed by atoms with Crippen molar-refractivity contribution in [1.82, 2.24) is 4.90 Å². The summed E-state index contributed by atoms with van der Waals surface area (Å²) in [6.07, 6.45) is 1.51. The molecule has 0 bridgehead atoms. The molecular formula is C19H24N2O3S2. The van der Waals surface area contributed by atoms with E-state index in [1.54, 1.807) is 41.8 Å². The molecule has 1 fully saturated rings. The molecule has 1 aliphatic heterocycles. The van der Waals surface area contributed by atoms with Crippen LogP contribution in [-0.4, -0.2) is 32.3 Å². The molecule has 2 aromatic rings. The van der Waals surface area contributed by atoms with E-state index in [1.165, 1.54) is 17.8 Å². The molecule has 1 aliphatic rings. The predicted molar refractivity (Wildman–Crippen MR) is 105 cm³/mol. The third-order valence-electron chi connectivity index (χ3n) is 4.54. The molecular weight excluding hydrogens is 368 g/mol.